The van der Waals surface area contributed by atoms with Gasteiger partial charge in [-0.25, -0.2) is 0 Å². The Bertz CT molecular complexity index is 314. The molecule has 0 aliphatic heterocycles. The van der Waals surface area contributed by atoms with Crippen LogP contribution in [0.4, 0.5) is 0 Å². The molecule has 5 heteroatoms. The molecule has 1 fully saturated rings. The van der Waals surface area contributed by atoms with E-state index in [1.165, 1.54) is 5.57 Å². The van der Waals surface area contributed by atoms with E-state index in [1.807, 2.05) is 13.8 Å². The van der Waals surface area contributed by atoms with Gasteiger partial charge in [0, 0.05) is 6.61 Å². The van der Waals surface area contributed by atoms with Crippen molar-refractivity contribution in [2.24, 2.45) is 5.92 Å². The van der Waals surface area contributed by atoms with E-state index in [0.717, 1.165) is 25.7 Å². The third kappa shape index (κ3) is 8.07. The molecule has 0 radical (unpaired) electrons. The molecule has 0 aromatic carbocycles. The fourth-order valence-corrected chi connectivity index (χ4v) is 2.31. The number of rotatable bonds is 10. The van der Waals surface area contributed by atoms with Gasteiger partial charge in [-0.1, -0.05) is 0 Å². The van der Waals surface area contributed by atoms with E-state index in [-0.39, 0.29) is 11.9 Å². The lowest BCUT2D eigenvalue weighted by Gasteiger charge is -2.22. The summed E-state index contributed by atoms with van der Waals surface area (Å²) < 4.78 is 21.1. The van der Waals surface area contributed by atoms with Crippen molar-refractivity contribution in [1.82, 2.24) is 0 Å². The van der Waals surface area contributed by atoms with Crippen LogP contribution in [-0.2, 0) is 23.7 Å². The lowest BCUT2D eigenvalue weighted by atomic mass is 9.86. The average Bonchev–Trinajstić information content (AvgIpc) is 2.50. The fourth-order valence-electron chi connectivity index (χ4n) is 2.31. The van der Waals surface area contributed by atoms with Gasteiger partial charge in [0.1, 0.15) is 6.61 Å². The van der Waals surface area contributed by atoms with Crippen LogP contribution in [0.15, 0.2) is 11.8 Å². The zero-order valence-electron chi connectivity index (χ0n) is 13.3. The van der Waals surface area contributed by atoms with Crippen molar-refractivity contribution >= 4 is 5.97 Å². The summed E-state index contributed by atoms with van der Waals surface area (Å²) in [6.45, 7) is 7.27. The normalized spacial score (nSPS) is 20.5. The molecule has 1 aliphatic rings. The van der Waals surface area contributed by atoms with Crippen LogP contribution in [0.2, 0.25) is 0 Å². The molecule has 0 amide bonds. The molecule has 0 aromatic heterocycles. The Morgan fingerprint density at radius 2 is 1.90 bits per heavy atom. The summed E-state index contributed by atoms with van der Waals surface area (Å²) >= 11 is 0. The fraction of sp³-hybridized carbons (Fsp3) is 0.812. The number of hydrogen-bond acceptors (Lipinski definition) is 5. The molecule has 1 saturated carbocycles. The molecule has 1 rings (SSSR count). The highest BCUT2D eigenvalue weighted by molar-refractivity contribution is 5.73. The Hall–Kier alpha value is -1.07. The van der Waals surface area contributed by atoms with Crippen LogP contribution in [-0.4, -0.2) is 45.6 Å². The minimum absolute atomic E-state index is 0.00371. The second-order valence-electron chi connectivity index (χ2n) is 5.00. The lowest BCUT2D eigenvalue weighted by Crippen LogP contribution is -2.21. The Labute approximate surface area is 127 Å². The van der Waals surface area contributed by atoms with Crippen molar-refractivity contribution in [3.8, 4) is 0 Å². The Morgan fingerprint density at radius 3 is 2.67 bits per heavy atom. The third-order valence-corrected chi connectivity index (χ3v) is 3.35. The molecule has 0 saturated heterocycles. The lowest BCUT2D eigenvalue weighted by molar-refractivity contribution is -0.148. The van der Waals surface area contributed by atoms with Crippen LogP contribution in [0.1, 0.15) is 39.5 Å². The highest BCUT2D eigenvalue weighted by atomic mass is 16.5. The zero-order valence-corrected chi connectivity index (χ0v) is 13.3. The molecule has 1 aliphatic carbocycles. The van der Waals surface area contributed by atoms with Gasteiger partial charge in [-0.2, -0.15) is 0 Å². The maximum Gasteiger partial charge on any atom is 0.309 e. The maximum atomic E-state index is 11.7. The smallest absolute Gasteiger partial charge is 0.309 e. The SMILES string of the molecule is CCOCCOCCOC=C1CCCC(C(=O)OCC)C1. The largest absolute Gasteiger partial charge is 0.499 e. The van der Waals surface area contributed by atoms with Gasteiger partial charge in [-0.3, -0.25) is 4.79 Å². The molecule has 0 bridgehead atoms. The molecule has 1 atom stereocenters. The van der Waals surface area contributed by atoms with Gasteiger partial charge in [0.25, 0.3) is 0 Å². The van der Waals surface area contributed by atoms with Gasteiger partial charge in [0.2, 0.25) is 0 Å². The van der Waals surface area contributed by atoms with Crippen molar-refractivity contribution < 1.29 is 23.7 Å². The highest BCUT2D eigenvalue weighted by Gasteiger charge is 2.24. The summed E-state index contributed by atoms with van der Waals surface area (Å²) in [5.74, 6) is -0.0849. The minimum Gasteiger partial charge on any atom is -0.499 e. The highest BCUT2D eigenvalue weighted by Crippen LogP contribution is 2.29. The second-order valence-corrected chi connectivity index (χ2v) is 5.00. The van der Waals surface area contributed by atoms with Gasteiger partial charge in [-0.05, 0) is 45.1 Å². The minimum atomic E-state index is -0.0812. The van der Waals surface area contributed by atoms with Gasteiger partial charge >= 0.3 is 5.97 Å². The molecule has 0 heterocycles. The molecule has 0 N–H and O–H groups in total. The number of ether oxygens (including phenoxy) is 4. The van der Waals surface area contributed by atoms with Gasteiger partial charge < -0.3 is 18.9 Å². The molecule has 0 aromatic rings. The first-order valence-electron chi connectivity index (χ1n) is 7.89. The van der Waals surface area contributed by atoms with Crippen LogP contribution in [0.5, 0.6) is 0 Å². The van der Waals surface area contributed by atoms with E-state index in [1.54, 1.807) is 6.26 Å². The average molecular weight is 300 g/mol. The summed E-state index contributed by atoms with van der Waals surface area (Å²) in [6.07, 6.45) is 5.47. The van der Waals surface area contributed by atoms with Crippen molar-refractivity contribution in [3.05, 3.63) is 11.8 Å². The van der Waals surface area contributed by atoms with Crippen molar-refractivity contribution in [3.63, 3.8) is 0 Å². The molecule has 122 valence electrons. The first kappa shape index (κ1) is 18.0. The van der Waals surface area contributed by atoms with E-state index >= 15 is 0 Å². The predicted octanol–water partition coefficient (Wildman–Crippen LogP) is 2.69. The Kier molecular flexibility index (Phi) is 9.91. The van der Waals surface area contributed by atoms with Gasteiger partial charge in [0.05, 0.1) is 38.6 Å². The first-order valence-corrected chi connectivity index (χ1v) is 7.89. The Balaban J connectivity index is 2.13. The Morgan fingerprint density at radius 1 is 1.14 bits per heavy atom. The number of esters is 1. The first-order chi connectivity index (χ1) is 10.3. The molecule has 0 spiro atoms. The van der Waals surface area contributed by atoms with Crippen LogP contribution in [0.3, 0.4) is 0 Å². The van der Waals surface area contributed by atoms with Crippen molar-refractivity contribution in [2.75, 3.05) is 39.6 Å². The van der Waals surface area contributed by atoms with Crippen molar-refractivity contribution in [1.29, 1.82) is 0 Å². The number of hydrogen-bond donors (Lipinski definition) is 0. The van der Waals surface area contributed by atoms with E-state index in [0.29, 0.717) is 39.6 Å². The third-order valence-electron chi connectivity index (χ3n) is 3.35. The summed E-state index contributed by atoms with van der Waals surface area (Å²) in [5.41, 5.74) is 1.19. The predicted molar refractivity (Wildman–Crippen MR) is 79.9 cm³/mol. The van der Waals surface area contributed by atoms with Crippen LogP contribution in [0.25, 0.3) is 0 Å². The van der Waals surface area contributed by atoms with Crippen LogP contribution >= 0.6 is 0 Å². The quantitative estimate of drug-likeness (QED) is 0.353. The maximum absolute atomic E-state index is 11.7. The van der Waals surface area contributed by atoms with E-state index in [9.17, 15) is 4.79 Å². The molecule has 5 nitrogen and oxygen atoms in total. The second kappa shape index (κ2) is 11.6. The summed E-state index contributed by atoms with van der Waals surface area (Å²) in [4.78, 5) is 11.7. The van der Waals surface area contributed by atoms with Gasteiger partial charge in [-0.15, -0.1) is 0 Å². The van der Waals surface area contributed by atoms with E-state index in [4.69, 9.17) is 18.9 Å². The van der Waals surface area contributed by atoms with E-state index in [2.05, 4.69) is 0 Å². The zero-order chi connectivity index (χ0) is 15.3. The molecule has 1 unspecified atom stereocenters. The van der Waals surface area contributed by atoms with Crippen molar-refractivity contribution in [2.45, 2.75) is 39.5 Å². The monoisotopic (exact) mass is 300 g/mol. The summed E-state index contributed by atoms with van der Waals surface area (Å²) in [7, 11) is 0. The molecular weight excluding hydrogens is 272 g/mol. The van der Waals surface area contributed by atoms with Crippen LogP contribution < -0.4 is 0 Å². The number of allylic oxidation sites excluding steroid dienone is 1. The molecular formula is C16H28O5. The number of carbonyl (C=O) groups is 1. The topological polar surface area (TPSA) is 54.0 Å². The number of carbonyl (C=O) groups excluding carboxylic acids is 1. The van der Waals surface area contributed by atoms with Gasteiger partial charge in [0.15, 0.2) is 0 Å². The van der Waals surface area contributed by atoms with E-state index < -0.39 is 0 Å². The van der Waals surface area contributed by atoms with Crippen LogP contribution in [0, 0.1) is 5.92 Å². The summed E-state index contributed by atoms with van der Waals surface area (Å²) in [5, 5.41) is 0. The standard InChI is InChI=1S/C16H28O5/c1-3-18-8-9-19-10-11-20-13-14-6-5-7-15(12-14)16(17)21-4-2/h13,15H,3-12H2,1-2H3. The summed E-state index contributed by atoms with van der Waals surface area (Å²) in [6, 6.07) is 0. The molecule has 21 heavy (non-hydrogen) atoms.